The Morgan fingerprint density at radius 3 is 1.59 bits per heavy atom. The Labute approximate surface area is 214 Å². The Balaban J connectivity index is 5.69. The normalized spacial score (nSPS) is 13.9. The van der Waals surface area contributed by atoms with E-state index in [1.807, 2.05) is 0 Å². The van der Waals surface area contributed by atoms with Gasteiger partial charge in [0.15, 0.2) is 5.96 Å². The van der Waals surface area contributed by atoms with E-state index < -0.39 is 59.7 Å². The fourth-order valence-electron chi connectivity index (χ4n) is 2.99. The number of carboxylic acid groups (broad SMARTS) is 1. The van der Waals surface area contributed by atoms with Crippen LogP contribution in [0.3, 0.4) is 0 Å². The molecule has 0 saturated heterocycles. The third-order valence-electron chi connectivity index (χ3n) is 5.21. The molecule has 0 aliphatic rings. The second-order valence-electron chi connectivity index (χ2n) is 8.75. The summed E-state index contributed by atoms with van der Waals surface area (Å²) >= 11 is 0. The van der Waals surface area contributed by atoms with E-state index in [1.165, 1.54) is 0 Å². The van der Waals surface area contributed by atoms with Crippen LogP contribution in [0.5, 0.6) is 0 Å². The highest BCUT2D eigenvalue weighted by Gasteiger charge is 2.31. The maximum Gasteiger partial charge on any atom is 0.326 e. The number of guanidine groups is 1. The van der Waals surface area contributed by atoms with E-state index >= 15 is 0 Å². The van der Waals surface area contributed by atoms with Crippen LogP contribution in [0.15, 0.2) is 4.99 Å². The second-order valence-corrected chi connectivity index (χ2v) is 8.75. The van der Waals surface area contributed by atoms with E-state index in [0.29, 0.717) is 0 Å². The van der Waals surface area contributed by atoms with E-state index in [4.69, 9.17) is 28.7 Å². The van der Waals surface area contributed by atoms with Gasteiger partial charge in [0.1, 0.15) is 18.1 Å². The van der Waals surface area contributed by atoms with Crippen molar-refractivity contribution in [2.24, 2.45) is 39.6 Å². The van der Waals surface area contributed by atoms with Gasteiger partial charge < -0.3 is 49.7 Å². The summed E-state index contributed by atoms with van der Waals surface area (Å²) < 4.78 is 0. The Kier molecular flexibility index (Phi) is 14.9. The maximum atomic E-state index is 13.1. The second kappa shape index (κ2) is 16.7. The molecule has 37 heavy (non-hydrogen) atoms. The Morgan fingerprint density at radius 1 is 0.730 bits per heavy atom. The lowest BCUT2D eigenvalue weighted by Gasteiger charge is -2.25. The first kappa shape index (κ1) is 33.0. The van der Waals surface area contributed by atoms with Gasteiger partial charge >= 0.3 is 5.97 Å². The number of carboxylic acids is 1. The van der Waals surface area contributed by atoms with Crippen molar-refractivity contribution in [1.82, 2.24) is 16.0 Å². The van der Waals surface area contributed by atoms with Crippen LogP contribution in [0.1, 0.15) is 52.4 Å². The number of aliphatic carboxylic acids is 1. The summed E-state index contributed by atoms with van der Waals surface area (Å²) in [5, 5.41) is 16.5. The number of hydrogen-bond donors (Lipinski definition) is 9. The Hall–Kier alpha value is -3.95. The van der Waals surface area contributed by atoms with Crippen molar-refractivity contribution in [3.05, 3.63) is 0 Å². The van der Waals surface area contributed by atoms with Crippen LogP contribution in [0, 0.1) is 5.92 Å². The molecule has 14 N–H and O–H groups in total. The first-order valence-corrected chi connectivity index (χ1v) is 11.7. The van der Waals surface area contributed by atoms with Crippen molar-refractivity contribution in [2.45, 2.75) is 76.5 Å². The molecule has 0 rings (SSSR count). The van der Waals surface area contributed by atoms with Crippen molar-refractivity contribution >= 4 is 41.5 Å². The molecule has 16 heteroatoms. The fourth-order valence-corrected chi connectivity index (χ4v) is 2.99. The molecule has 16 nitrogen and oxygen atoms in total. The molecule has 0 aliphatic heterocycles. The highest BCUT2D eigenvalue weighted by atomic mass is 16.4. The minimum Gasteiger partial charge on any atom is -0.480 e. The average molecular weight is 530 g/mol. The van der Waals surface area contributed by atoms with Crippen LogP contribution >= 0.6 is 0 Å². The van der Waals surface area contributed by atoms with Gasteiger partial charge in [-0.25, -0.2) is 4.79 Å². The number of carbonyl (C=O) groups excluding carboxylic acids is 5. The summed E-state index contributed by atoms with van der Waals surface area (Å²) in [7, 11) is 0. The minimum absolute atomic E-state index is 0.0691. The molecule has 0 bridgehead atoms. The molecule has 4 atom stereocenters. The van der Waals surface area contributed by atoms with Crippen LogP contribution in [-0.4, -0.2) is 77.3 Å². The summed E-state index contributed by atoms with van der Waals surface area (Å²) in [6, 6.07) is -4.93. The van der Waals surface area contributed by atoms with Gasteiger partial charge in [0.2, 0.25) is 29.5 Å². The van der Waals surface area contributed by atoms with Crippen LogP contribution in [0.4, 0.5) is 0 Å². The Morgan fingerprint density at radius 2 is 1.16 bits per heavy atom. The first-order chi connectivity index (χ1) is 17.1. The number of nitrogens with one attached hydrogen (secondary N) is 3. The molecular weight excluding hydrogens is 490 g/mol. The standard InChI is InChI=1S/C21H39N9O7/c1-10(2)16(24)19(35)29-11(4-3-9-27-21(25)26)17(33)28-12(5-7-14(22)31)18(34)30-13(20(36)37)6-8-15(23)32/h10-13,16H,3-9,24H2,1-2H3,(H2,22,31)(H2,23,32)(H,28,33)(H,29,35)(H,30,34)(H,36,37)(H4,25,26,27). The van der Waals surface area contributed by atoms with Crippen molar-refractivity contribution in [1.29, 1.82) is 0 Å². The van der Waals surface area contributed by atoms with Gasteiger partial charge in [0, 0.05) is 19.4 Å². The zero-order chi connectivity index (χ0) is 28.7. The smallest absolute Gasteiger partial charge is 0.326 e. The number of nitrogens with zero attached hydrogens (tertiary/aromatic N) is 1. The molecule has 0 radical (unpaired) electrons. The largest absolute Gasteiger partial charge is 0.480 e. The topological polar surface area (TPSA) is 301 Å². The van der Waals surface area contributed by atoms with E-state index in [-0.39, 0.29) is 56.9 Å². The van der Waals surface area contributed by atoms with Crippen molar-refractivity contribution in [2.75, 3.05) is 6.54 Å². The zero-order valence-electron chi connectivity index (χ0n) is 21.1. The number of amides is 5. The molecular formula is C21H39N9O7. The molecule has 0 aromatic carbocycles. The number of aliphatic imine (C=N–C) groups is 1. The number of hydrogen-bond acceptors (Lipinski definition) is 8. The van der Waals surface area contributed by atoms with Crippen molar-refractivity contribution in [3.63, 3.8) is 0 Å². The summed E-state index contributed by atoms with van der Waals surface area (Å²) in [5.74, 6) is -5.67. The predicted octanol–water partition coefficient (Wildman–Crippen LogP) is -3.91. The third kappa shape index (κ3) is 14.3. The van der Waals surface area contributed by atoms with Crippen LogP contribution < -0.4 is 44.6 Å². The zero-order valence-corrected chi connectivity index (χ0v) is 21.1. The number of primary amides is 2. The summed E-state index contributed by atoms with van der Waals surface area (Å²) in [4.78, 5) is 76.0. The fraction of sp³-hybridized carbons (Fsp3) is 0.667. The van der Waals surface area contributed by atoms with E-state index in [9.17, 15) is 33.9 Å². The lowest BCUT2D eigenvalue weighted by molar-refractivity contribution is -0.142. The number of carbonyl (C=O) groups is 6. The van der Waals surface area contributed by atoms with E-state index in [0.717, 1.165) is 0 Å². The van der Waals surface area contributed by atoms with Gasteiger partial charge in [-0.05, 0) is 31.6 Å². The molecule has 5 amide bonds. The summed E-state index contributed by atoms with van der Waals surface area (Å²) in [5.41, 5.74) is 26.6. The van der Waals surface area contributed by atoms with Gasteiger partial charge in [-0.15, -0.1) is 0 Å². The molecule has 0 aliphatic carbocycles. The van der Waals surface area contributed by atoms with Gasteiger partial charge in [-0.1, -0.05) is 13.8 Å². The van der Waals surface area contributed by atoms with Gasteiger partial charge in [0.05, 0.1) is 6.04 Å². The number of rotatable bonds is 18. The van der Waals surface area contributed by atoms with Crippen molar-refractivity contribution in [3.8, 4) is 0 Å². The maximum absolute atomic E-state index is 13.1. The number of nitrogens with two attached hydrogens (primary N) is 5. The van der Waals surface area contributed by atoms with Crippen LogP contribution in [0.25, 0.3) is 0 Å². The SMILES string of the molecule is CC(C)C(N)C(=O)NC(CCCN=C(N)N)C(=O)NC(CCC(N)=O)C(=O)NC(CCC(N)=O)C(=O)O. The first-order valence-electron chi connectivity index (χ1n) is 11.7. The summed E-state index contributed by atoms with van der Waals surface area (Å²) in [6.45, 7) is 3.60. The van der Waals surface area contributed by atoms with Gasteiger partial charge in [-0.3, -0.25) is 29.0 Å². The van der Waals surface area contributed by atoms with E-state index in [1.54, 1.807) is 13.8 Å². The average Bonchev–Trinajstić information content (AvgIpc) is 2.79. The van der Waals surface area contributed by atoms with Gasteiger partial charge in [0.25, 0.3) is 0 Å². The molecule has 4 unspecified atom stereocenters. The van der Waals surface area contributed by atoms with Crippen LogP contribution in [-0.2, 0) is 28.8 Å². The highest BCUT2D eigenvalue weighted by molar-refractivity contribution is 5.94. The molecule has 0 spiro atoms. The lowest BCUT2D eigenvalue weighted by atomic mass is 10.0. The molecule has 0 fully saturated rings. The molecule has 210 valence electrons. The van der Waals surface area contributed by atoms with E-state index in [2.05, 4.69) is 20.9 Å². The Bertz CT molecular complexity index is 859. The van der Waals surface area contributed by atoms with Gasteiger partial charge in [-0.2, -0.15) is 0 Å². The minimum atomic E-state index is -1.48. The lowest BCUT2D eigenvalue weighted by Crippen LogP contribution is -2.57. The monoisotopic (exact) mass is 529 g/mol. The van der Waals surface area contributed by atoms with Crippen molar-refractivity contribution < 1.29 is 33.9 Å². The molecule has 0 aromatic heterocycles. The molecule has 0 aromatic rings. The third-order valence-corrected chi connectivity index (χ3v) is 5.21. The quantitative estimate of drug-likeness (QED) is 0.0472. The molecule has 0 saturated carbocycles. The summed E-state index contributed by atoms with van der Waals surface area (Å²) in [6.07, 6.45) is -0.815. The predicted molar refractivity (Wildman–Crippen MR) is 133 cm³/mol. The highest BCUT2D eigenvalue weighted by Crippen LogP contribution is 2.07. The molecule has 0 heterocycles. The van der Waals surface area contributed by atoms with Crippen LogP contribution in [0.2, 0.25) is 0 Å².